The second-order valence-corrected chi connectivity index (χ2v) is 4.04. The molecule has 1 amide bonds. The van der Waals surface area contributed by atoms with Crippen LogP contribution in [0.5, 0.6) is 0 Å². The zero-order chi connectivity index (χ0) is 13.5. The second-order valence-electron chi connectivity index (χ2n) is 3.86. The summed E-state index contributed by atoms with van der Waals surface area (Å²) in [5.41, 5.74) is 3.54. The molecule has 7 heteroatoms. The van der Waals surface area contributed by atoms with Crippen molar-refractivity contribution in [1.82, 2.24) is 20.2 Å². The van der Waals surface area contributed by atoms with Crippen LogP contribution in [0.2, 0.25) is 0 Å². The quantitative estimate of drug-likeness (QED) is 0.483. The molecule has 1 aromatic rings. The Kier molecular flexibility index (Phi) is 6.17. The number of carbonyl (C=O) groups is 1. The monoisotopic (exact) mass is 272 g/mol. The van der Waals surface area contributed by atoms with Crippen molar-refractivity contribution >= 4 is 18.8 Å². The SMILES string of the molecule is CC.CN1CCCn2nc(C(=O)NOS)cc2C1. The Balaban J connectivity index is 0.000000771. The smallest absolute Gasteiger partial charge is 0.296 e. The fourth-order valence-corrected chi connectivity index (χ4v) is 1.91. The molecule has 102 valence electrons. The molecule has 0 aliphatic carbocycles. The highest BCUT2D eigenvalue weighted by molar-refractivity contribution is 7.75. The average molecular weight is 272 g/mol. The summed E-state index contributed by atoms with van der Waals surface area (Å²) in [4.78, 5) is 13.7. The molecule has 18 heavy (non-hydrogen) atoms. The van der Waals surface area contributed by atoms with Gasteiger partial charge in [0, 0.05) is 32.5 Å². The lowest BCUT2D eigenvalue weighted by atomic mass is 10.3. The third-order valence-electron chi connectivity index (χ3n) is 2.58. The van der Waals surface area contributed by atoms with Crippen molar-refractivity contribution < 1.29 is 9.08 Å². The van der Waals surface area contributed by atoms with E-state index in [0.717, 1.165) is 31.7 Å². The summed E-state index contributed by atoms with van der Waals surface area (Å²) in [6.45, 7) is 6.70. The highest BCUT2D eigenvalue weighted by atomic mass is 32.1. The number of thiol groups is 1. The molecule has 1 aliphatic rings. The Morgan fingerprint density at radius 3 is 2.89 bits per heavy atom. The predicted molar refractivity (Wildman–Crippen MR) is 72.1 cm³/mol. The normalized spacial score (nSPS) is 15.1. The number of amides is 1. The molecule has 1 N–H and O–H groups in total. The van der Waals surface area contributed by atoms with Gasteiger partial charge in [-0.1, -0.05) is 13.8 Å². The number of carbonyl (C=O) groups excluding carboxylic acids is 1. The van der Waals surface area contributed by atoms with Crippen LogP contribution in [0.25, 0.3) is 0 Å². The average Bonchev–Trinajstić information content (AvgIpc) is 2.67. The van der Waals surface area contributed by atoms with E-state index < -0.39 is 0 Å². The zero-order valence-electron chi connectivity index (χ0n) is 11.0. The van der Waals surface area contributed by atoms with E-state index in [-0.39, 0.29) is 5.91 Å². The third kappa shape index (κ3) is 3.72. The van der Waals surface area contributed by atoms with Crippen LogP contribution in [0.3, 0.4) is 0 Å². The van der Waals surface area contributed by atoms with E-state index in [1.807, 2.05) is 18.5 Å². The van der Waals surface area contributed by atoms with Crippen LogP contribution in [-0.2, 0) is 17.4 Å². The topological polar surface area (TPSA) is 59.4 Å². The highest BCUT2D eigenvalue weighted by Crippen LogP contribution is 2.12. The molecule has 0 bridgehead atoms. The van der Waals surface area contributed by atoms with Crippen LogP contribution >= 0.6 is 12.9 Å². The van der Waals surface area contributed by atoms with Crippen molar-refractivity contribution in [3.8, 4) is 0 Å². The van der Waals surface area contributed by atoms with Crippen LogP contribution in [0.1, 0.15) is 36.5 Å². The molecule has 0 spiro atoms. The number of hydrogen-bond acceptors (Lipinski definition) is 5. The van der Waals surface area contributed by atoms with Crippen molar-refractivity contribution in [1.29, 1.82) is 0 Å². The Bertz CT molecular complexity index is 394. The highest BCUT2D eigenvalue weighted by Gasteiger charge is 2.17. The van der Waals surface area contributed by atoms with Crippen molar-refractivity contribution in [2.75, 3.05) is 13.6 Å². The molecular weight excluding hydrogens is 252 g/mol. The standard InChI is InChI=1S/C9H14N4O2S.C2H6/c1-12-3-2-4-13-7(6-12)5-8(10-13)9(14)11-15-16;1-2/h5,16H,2-4,6H2,1H3,(H,11,14);1-2H3. The summed E-state index contributed by atoms with van der Waals surface area (Å²) >= 11 is 3.46. The van der Waals surface area contributed by atoms with E-state index in [1.165, 1.54) is 0 Å². The van der Waals surface area contributed by atoms with Crippen LogP contribution in [0.15, 0.2) is 6.07 Å². The number of nitrogens with zero attached hydrogens (tertiary/aromatic N) is 3. The number of fused-ring (bicyclic) bond motifs is 1. The van der Waals surface area contributed by atoms with Gasteiger partial charge in [-0.25, -0.2) is 9.76 Å². The van der Waals surface area contributed by atoms with E-state index in [4.69, 9.17) is 0 Å². The zero-order valence-corrected chi connectivity index (χ0v) is 11.9. The fraction of sp³-hybridized carbons (Fsp3) is 0.636. The van der Waals surface area contributed by atoms with E-state index in [0.29, 0.717) is 5.69 Å². The molecule has 1 aromatic heterocycles. The summed E-state index contributed by atoms with van der Waals surface area (Å²) in [6.07, 6.45) is 1.04. The molecule has 0 saturated carbocycles. The van der Waals surface area contributed by atoms with Crippen LogP contribution in [0, 0.1) is 0 Å². The second kappa shape index (κ2) is 7.40. The Morgan fingerprint density at radius 1 is 1.50 bits per heavy atom. The largest absolute Gasteiger partial charge is 0.300 e. The Hall–Kier alpha value is -1.05. The molecule has 0 unspecified atom stereocenters. The first-order chi connectivity index (χ1) is 8.70. The first-order valence-corrected chi connectivity index (χ1v) is 6.43. The predicted octanol–water partition coefficient (Wildman–Crippen LogP) is 1.25. The molecule has 0 atom stereocenters. The van der Waals surface area contributed by atoms with Gasteiger partial charge in [0.25, 0.3) is 5.91 Å². The lowest BCUT2D eigenvalue weighted by Crippen LogP contribution is -2.21. The molecule has 0 radical (unpaired) electrons. The molecule has 0 saturated heterocycles. The van der Waals surface area contributed by atoms with Gasteiger partial charge < -0.3 is 4.90 Å². The third-order valence-corrected chi connectivity index (χ3v) is 2.67. The maximum Gasteiger partial charge on any atom is 0.296 e. The van der Waals surface area contributed by atoms with E-state index in [1.54, 1.807) is 6.07 Å². The van der Waals surface area contributed by atoms with E-state index in [9.17, 15) is 4.79 Å². The Labute approximate surface area is 113 Å². The lowest BCUT2D eigenvalue weighted by Gasteiger charge is -2.10. The fourth-order valence-electron chi connectivity index (χ4n) is 1.83. The maximum absolute atomic E-state index is 11.5. The van der Waals surface area contributed by atoms with E-state index in [2.05, 4.69) is 39.7 Å². The number of hydrogen-bond donors (Lipinski definition) is 2. The summed E-state index contributed by atoms with van der Waals surface area (Å²) in [7, 11) is 2.05. The van der Waals surface area contributed by atoms with Gasteiger partial charge in [-0.2, -0.15) is 5.10 Å². The number of nitrogens with one attached hydrogen (secondary N) is 1. The number of rotatable bonds is 2. The molecule has 2 rings (SSSR count). The van der Waals surface area contributed by atoms with Crippen molar-refractivity contribution in [3.05, 3.63) is 17.5 Å². The minimum absolute atomic E-state index is 0.361. The van der Waals surface area contributed by atoms with Gasteiger partial charge >= 0.3 is 0 Å². The minimum Gasteiger partial charge on any atom is -0.300 e. The number of aryl methyl sites for hydroxylation is 1. The Morgan fingerprint density at radius 2 is 2.22 bits per heavy atom. The van der Waals surface area contributed by atoms with Gasteiger partial charge in [-0.3, -0.25) is 9.48 Å². The van der Waals surface area contributed by atoms with Crippen LogP contribution in [0.4, 0.5) is 0 Å². The molecule has 0 aromatic carbocycles. The summed E-state index contributed by atoms with van der Waals surface area (Å²) < 4.78 is 6.14. The van der Waals surface area contributed by atoms with Crippen LogP contribution in [-0.4, -0.2) is 34.2 Å². The number of aromatic nitrogens is 2. The molecule has 1 aliphatic heterocycles. The molecule has 6 nitrogen and oxygen atoms in total. The lowest BCUT2D eigenvalue weighted by molar-refractivity contribution is 0.0796. The van der Waals surface area contributed by atoms with Crippen molar-refractivity contribution in [2.24, 2.45) is 0 Å². The summed E-state index contributed by atoms with van der Waals surface area (Å²) in [6, 6.07) is 1.78. The molecule has 2 heterocycles. The van der Waals surface area contributed by atoms with Gasteiger partial charge in [0.05, 0.1) is 5.69 Å². The maximum atomic E-state index is 11.5. The van der Waals surface area contributed by atoms with Gasteiger partial charge in [0.1, 0.15) is 0 Å². The van der Waals surface area contributed by atoms with Crippen LogP contribution < -0.4 is 5.48 Å². The minimum atomic E-state index is -0.377. The van der Waals surface area contributed by atoms with Gasteiger partial charge in [0.2, 0.25) is 0 Å². The first-order valence-electron chi connectivity index (χ1n) is 6.06. The number of hydroxylamine groups is 1. The van der Waals surface area contributed by atoms with Gasteiger partial charge in [0.15, 0.2) is 5.69 Å². The summed E-state index contributed by atoms with van der Waals surface area (Å²) in [5.74, 6) is -0.377. The van der Waals surface area contributed by atoms with Gasteiger partial charge in [-0.15, -0.1) is 0 Å². The van der Waals surface area contributed by atoms with E-state index >= 15 is 0 Å². The van der Waals surface area contributed by atoms with Crippen molar-refractivity contribution in [3.63, 3.8) is 0 Å². The first kappa shape index (κ1) is 15.0. The van der Waals surface area contributed by atoms with Gasteiger partial charge in [-0.05, 0) is 19.5 Å². The molecular formula is C11H20N4O2S. The summed E-state index contributed by atoms with van der Waals surface area (Å²) in [5, 5.41) is 4.23. The van der Waals surface area contributed by atoms with Crippen molar-refractivity contribution in [2.45, 2.75) is 33.4 Å². The molecule has 0 fully saturated rings.